The van der Waals surface area contributed by atoms with Crippen LogP contribution in [-0.2, 0) is 19.1 Å². The SMILES string of the molecule is COC1C(=O)N2C(C(=O)OC(C)(C)C)C(CO)=CSC12. The third-order valence-electron chi connectivity index (χ3n) is 3.09. The summed E-state index contributed by atoms with van der Waals surface area (Å²) in [6, 6.07) is -0.857. The van der Waals surface area contributed by atoms with Gasteiger partial charge in [-0.05, 0) is 31.8 Å². The van der Waals surface area contributed by atoms with Crippen LogP contribution in [0.15, 0.2) is 11.0 Å². The van der Waals surface area contributed by atoms with Crippen molar-refractivity contribution in [3.63, 3.8) is 0 Å². The number of hydrogen-bond acceptors (Lipinski definition) is 6. The van der Waals surface area contributed by atoms with E-state index in [0.29, 0.717) is 5.57 Å². The lowest BCUT2D eigenvalue weighted by Gasteiger charge is -2.51. The van der Waals surface area contributed by atoms with Gasteiger partial charge in [0.05, 0.1) is 6.61 Å². The fourth-order valence-corrected chi connectivity index (χ4v) is 3.48. The second-order valence-electron chi connectivity index (χ2n) is 5.72. The molecule has 1 N–H and O–H groups in total. The standard InChI is InChI=1S/C13H19NO5S/c1-13(2,3)19-12(17)8-7(5-15)6-20-11-9(18-4)10(16)14(8)11/h6,8-9,11,15H,5H2,1-4H3. The zero-order valence-electron chi connectivity index (χ0n) is 12.0. The molecule has 1 saturated heterocycles. The topological polar surface area (TPSA) is 76.1 Å². The average molecular weight is 301 g/mol. The van der Waals surface area contributed by atoms with Gasteiger partial charge < -0.3 is 19.5 Å². The number of ether oxygens (including phenoxy) is 2. The first kappa shape index (κ1) is 15.3. The summed E-state index contributed by atoms with van der Waals surface area (Å²) in [6.07, 6.45) is -0.540. The molecule has 0 aliphatic carbocycles. The van der Waals surface area contributed by atoms with E-state index in [2.05, 4.69) is 0 Å². The molecule has 1 fully saturated rings. The first-order valence-electron chi connectivity index (χ1n) is 6.33. The van der Waals surface area contributed by atoms with Gasteiger partial charge in [0.25, 0.3) is 5.91 Å². The Labute approximate surface area is 122 Å². The third kappa shape index (κ3) is 2.57. The summed E-state index contributed by atoms with van der Waals surface area (Å²) in [5.74, 6) is -0.772. The van der Waals surface area contributed by atoms with E-state index in [1.807, 2.05) is 0 Å². The number of nitrogens with zero attached hydrogens (tertiary/aromatic N) is 1. The van der Waals surface area contributed by atoms with Crippen molar-refractivity contribution in [1.82, 2.24) is 4.90 Å². The second-order valence-corrected chi connectivity index (χ2v) is 6.71. The van der Waals surface area contributed by atoms with E-state index in [1.54, 1.807) is 26.2 Å². The number of amides is 1. The molecular weight excluding hydrogens is 282 g/mol. The molecule has 7 heteroatoms. The van der Waals surface area contributed by atoms with Crippen molar-refractivity contribution in [2.45, 2.75) is 43.9 Å². The molecular formula is C13H19NO5S. The maximum absolute atomic E-state index is 12.3. The minimum absolute atomic E-state index is 0.236. The Bertz CT molecular complexity index is 456. The molecule has 0 bridgehead atoms. The van der Waals surface area contributed by atoms with Crippen LogP contribution in [0.3, 0.4) is 0 Å². The van der Waals surface area contributed by atoms with E-state index in [9.17, 15) is 14.7 Å². The summed E-state index contributed by atoms with van der Waals surface area (Å²) in [5.41, 5.74) is -0.171. The van der Waals surface area contributed by atoms with Crippen molar-refractivity contribution in [3.8, 4) is 0 Å². The van der Waals surface area contributed by atoms with Crippen LogP contribution in [0.5, 0.6) is 0 Å². The van der Waals surface area contributed by atoms with Crippen molar-refractivity contribution < 1.29 is 24.2 Å². The predicted octanol–water partition coefficient (Wildman–Crippen LogP) is 0.503. The van der Waals surface area contributed by atoms with Gasteiger partial charge >= 0.3 is 5.97 Å². The van der Waals surface area contributed by atoms with Crippen LogP contribution in [0, 0.1) is 0 Å². The highest BCUT2D eigenvalue weighted by atomic mass is 32.2. The van der Waals surface area contributed by atoms with Gasteiger partial charge in [-0.3, -0.25) is 4.79 Å². The van der Waals surface area contributed by atoms with Gasteiger partial charge in [0.15, 0.2) is 12.1 Å². The van der Waals surface area contributed by atoms with Gasteiger partial charge in [0, 0.05) is 7.11 Å². The number of β-lactam (4-membered cyclic amide) rings is 1. The highest BCUT2D eigenvalue weighted by Gasteiger charge is 2.56. The molecule has 0 aromatic carbocycles. The largest absolute Gasteiger partial charge is 0.458 e. The van der Waals surface area contributed by atoms with Gasteiger partial charge in [0.1, 0.15) is 11.0 Å². The molecule has 0 aromatic heterocycles. The highest BCUT2D eigenvalue weighted by molar-refractivity contribution is 8.02. The van der Waals surface area contributed by atoms with E-state index in [0.717, 1.165) is 0 Å². The zero-order valence-corrected chi connectivity index (χ0v) is 12.8. The van der Waals surface area contributed by atoms with E-state index in [4.69, 9.17) is 9.47 Å². The van der Waals surface area contributed by atoms with Gasteiger partial charge in [0.2, 0.25) is 0 Å². The lowest BCUT2D eigenvalue weighted by Crippen LogP contribution is -2.70. The number of thioether (sulfide) groups is 1. The smallest absolute Gasteiger partial charge is 0.333 e. The number of rotatable bonds is 3. The molecule has 1 amide bonds. The molecule has 20 heavy (non-hydrogen) atoms. The molecule has 2 aliphatic rings. The van der Waals surface area contributed by atoms with Crippen LogP contribution in [-0.4, -0.2) is 58.7 Å². The number of methoxy groups -OCH3 is 1. The molecule has 112 valence electrons. The van der Waals surface area contributed by atoms with Crippen LogP contribution >= 0.6 is 11.8 Å². The van der Waals surface area contributed by atoms with Gasteiger partial charge in [-0.2, -0.15) is 0 Å². The number of hydrogen-bond donors (Lipinski definition) is 1. The minimum atomic E-state index is -0.857. The highest BCUT2D eigenvalue weighted by Crippen LogP contribution is 2.41. The van der Waals surface area contributed by atoms with Crippen molar-refractivity contribution in [3.05, 3.63) is 11.0 Å². The van der Waals surface area contributed by atoms with Crippen molar-refractivity contribution in [1.29, 1.82) is 0 Å². The molecule has 2 heterocycles. The van der Waals surface area contributed by atoms with Crippen LogP contribution in [0.25, 0.3) is 0 Å². The van der Waals surface area contributed by atoms with Crippen LogP contribution in [0.1, 0.15) is 20.8 Å². The molecule has 2 aliphatic heterocycles. The summed E-state index contributed by atoms with van der Waals surface area (Å²) in [5, 5.41) is 10.9. The third-order valence-corrected chi connectivity index (χ3v) is 4.28. The van der Waals surface area contributed by atoms with Gasteiger partial charge in [-0.15, -0.1) is 11.8 Å². The fourth-order valence-electron chi connectivity index (χ4n) is 2.23. The fraction of sp³-hybridized carbons (Fsp3) is 0.692. The van der Waals surface area contributed by atoms with Gasteiger partial charge in [-0.1, -0.05) is 0 Å². The van der Waals surface area contributed by atoms with Crippen LogP contribution in [0.2, 0.25) is 0 Å². The molecule has 0 saturated carbocycles. The summed E-state index contributed by atoms with van der Waals surface area (Å²) in [7, 11) is 1.47. The molecule has 6 nitrogen and oxygen atoms in total. The Morgan fingerprint density at radius 1 is 1.50 bits per heavy atom. The Morgan fingerprint density at radius 3 is 2.65 bits per heavy atom. The van der Waals surface area contributed by atoms with E-state index in [-0.39, 0.29) is 17.9 Å². The normalized spacial score (nSPS) is 29.4. The van der Waals surface area contributed by atoms with Crippen molar-refractivity contribution in [2.75, 3.05) is 13.7 Å². The Balaban J connectivity index is 2.24. The first-order valence-corrected chi connectivity index (χ1v) is 7.27. The van der Waals surface area contributed by atoms with E-state index >= 15 is 0 Å². The van der Waals surface area contributed by atoms with Crippen molar-refractivity contribution in [2.24, 2.45) is 0 Å². The zero-order chi connectivity index (χ0) is 15.1. The number of carbonyl (C=O) groups is 2. The monoisotopic (exact) mass is 301 g/mol. The average Bonchev–Trinajstić information content (AvgIpc) is 2.35. The van der Waals surface area contributed by atoms with Crippen LogP contribution in [0.4, 0.5) is 0 Å². The molecule has 0 radical (unpaired) electrons. The number of esters is 1. The molecule has 3 atom stereocenters. The summed E-state index contributed by atoms with van der Waals surface area (Å²) in [6.45, 7) is 5.00. The quantitative estimate of drug-likeness (QED) is 0.604. The lowest BCUT2D eigenvalue weighted by atomic mass is 10.00. The van der Waals surface area contributed by atoms with Crippen LogP contribution < -0.4 is 0 Å². The Kier molecular flexibility index (Phi) is 4.13. The number of aliphatic hydroxyl groups excluding tert-OH is 1. The number of fused-ring (bicyclic) bond motifs is 1. The Hall–Kier alpha value is -1.05. The van der Waals surface area contributed by atoms with Crippen molar-refractivity contribution >= 4 is 23.6 Å². The van der Waals surface area contributed by atoms with Gasteiger partial charge in [-0.25, -0.2) is 4.79 Å². The molecule has 3 unspecified atom stereocenters. The maximum Gasteiger partial charge on any atom is 0.333 e. The molecule has 2 rings (SSSR count). The molecule has 0 aromatic rings. The summed E-state index contributed by atoms with van der Waals surface area (Å²) < 4.78 is 10.5. The second kappa shape index (κ2) is 5.38. The molecule has 0 spiro atoms. The lowest BCUT2D eigenvalue weighted by molar-refractivity contribution is -0.178. The predicted molar refractivity (Wildman–Crippen MR) is 73.8 cm³/mol. The minimum Gasteiger partial charge on any atom is -0.458 e. The Morgan fingerprint density at radius 2 is 2.15 bits per heavy atom. The van der Waals surface area contributed by atoms with E-state index in [1.165, 1.54) is 23.8 Å². The number of carbonyl (C=O) groups excluding carboxylic acids is 2. The van der Waals surface area contributed by atoms with E-state index < -0.39 is 23.7 Å². The number of aliphatic hydroxyl groups is 1. The summed E-state index contributed by atoms with van der Waals surface area (Å²) in [4.78, 5) is 25.8. The maximum atomic E-state index is 12.3. The first-order chi connectivity index (χ1) is 9.30. The summed E-state index contributed by atoms with van der Waals surface area (Å²) >= 11 is 1.37.